The lowest BCUT2D eigenvalue weighted by Crippen LogP contribution is -2.04. The van der Waals surface area contributed by atoms with Gasteiger partial charge >= 0.3 is 0 Å². The third kappa shape index (κ3) is 2.74. The van der Waals surface area contributed by atoms with Gasteiger partial charge in [0, 0.05) is 0 Å². The number of alkyl halides is 1. The quantitative estimate of drug-likeness (QED) is 0.668. The molecule has 0 N–H and O–H groups in total. The molecular formula is C17H16BrF. The zero-order valence-corrected chi connectivity index (χ0v) is 12.3. The Morgan fingerprint density at radius 1 is 0.842 bits per heavy atom. The van der Waals surface area contributed by atoms with E-state index in [1.54, 1.807) is 0 Å². The van der Waals surface area contributed by atoms with Crippen LogP contribution in [0.4, 0.5) is 4.39 Å². The van der Waals surface area contributed by atoms with Crippen LogP contribution in [0, 0.1) is 5.82 Å². The Morgan fingerprint density at radius 3 is 2.21 bits per heavy atom. The maximum absolute atomic E-state index is 13.0. The Labute approximate surface area is 121 Å². The van der Waals surface area contributed by atoms with Gasteiger partial charge in [-0.3, -0.25) is 0 Å². The fraction of sp³-hybridized carbons (Fsp3) is 0.294. The van der Waals surface area contributed by atoms with Gasteiger partial charge in [0.25, 0.3) is 0 Å². The first-order valence-corrected chi connectivity index (χ1v) is 7.67. The van der Waals surface area contributed by atoms with Gasteiger partial charge in [0.05, 0.1) is 4.83 Å². The third-order valence-corrected chi connectivity index (χ3v) is 4.89. The molecule has 0 heterocycles. The Hall–Kier alpha value is -1.15. The van der Waals surface area contributed by atoms with Crippen molar-refractivity contribution in [3.05, 3.63) is 70.5 Å². The molecule has 0 bridgehead atoms. The fourth-order valence-corrected chi connectivity index (χ4v) is 3.33. The summed E-state index contributed by atoms with van der Waals surface area (Å²) in [6.45, 7) is 0. The maximum Gasteiger partial charge on any atom is 0.123 e. The van der Waals surface area contributed by atoms with Gasteiger partial charge < -0.3 is 0 Å². The first-order chi connectivity index (χ1) is 9.24. The van der Waals surface area contributed by atoms with E-state index in [0.717, 1.165) is 5.56 Å². The smallest absolute Gasteiger partial charge is 0.123 e. The first-order valence-electron chi connectivity index (χ1n) is 6.75. The molecule has 0 amide bonds. The summed E-state index contributed by atoms with van der Waals surface area (Å²) in [7, 11) is 0. The zero-order chi connectivity index (χ0) is 13.2. The number of hydrogen-bond donors (Lipinski definition) is 0. The summed E-state index contributed by atoms with van der Waals surface area (Å²) in [6.07, 6.45) is 4.99. The fourth-order valence-electron chi connectivity index (χ4n) is 2.74. The van der Waals surface area contributed by atoms with Gasteiger partial charge in [-0.1, -0.05) is 46.3 Å². The molecule has 3 rings (SSSR count). The van der Waals surface area contributed by atoms with Gasteiger partial charge in [0.15, 0.2) is 0 Å². The highest BCUT2D eigenvalue weighted by molar-refractivity contribution is 9.09. The van der Waals surface area contributed by atoms with E-state index in [2.05, 4.69) is 34.1 Å². The predicted molar refractivity (Wildman–Crippen MR) is 80.3 cm³/mol. The summed E-state index contributed by atoms with van der Waals surface area (Å²) in [5, 5.41) is 0. The van der Waals surface area contributed by atoms with E-state index in [9.17, 15) is 4.39 Å². The average molecular weight is 319 g/mol. The van der Waals surface area contributed by atoms with Crippen molar-refractivity contribution in [1.82, 2.24) is 0 Å². The molecule has 1 aliphatic carbocycles. The van der Waals surface area contributed by atoms with Crippen molar-refractivity contribution in [2.24, 2.45) is 0 Å². The Balaban J connectivity index is 1.91. The van der Waals surface area contributed by atoms with E-state index in [1.165, 1.54) is 54.5 Å². The number of benzene rings is 2. The van der Waals surface area contributed by atoms with Gasteiger partial charge in [0.2, 0.25) is 0 Å². The lowest BCUT2D eigenvalue weighted by molar-refractivity contribution is 0.627. The molecule has 0 aromatic heterocycles. The SMILES string of the molecule is Fc1ccc(C(Br)c2ccc3c(c2)CCCC3)cc1. The highest BCUT2D eigenvalue weighted by Gasteiger charge is 2.14. The molecule has 1 unspecified atom stereocenters. The molecule has 0 aliphatic heterocycles. The molecule has 1 atom stereocenters. The summed E-state index contributed by atoms with van der Waals surface area (Å²) in [5.74, 6) is -0.186. The van der Waals surface area contributed by atoms with E-state index >= 15 is 0 Å². The van der Waals surface area contributed by atoms with Crippen molar-refractivity contribution in [1.29, 1.82) is 0 Å². The van der Waals surface area contributed by atoms with Crippen LogP contribution in [0.1, 0.15) is 39.9 Å². The number of hydrogen-bond acceptors (Lipinski definition) is 0. The van der Waals surface area contributed by atoms with Crippen molar-refractivity contribution in [3.63, 3.8) is 0 Å². The van der Waals surface area contributed by atoms with Crippen molar-refractivity contribution in [2.75, 3.05) is 0 Å². The number of rotatable bonds is 2. The van der Waals surface area contributed by atoms with Crippen molar-refractivity contribution in [2.45, 2.75) is 30.5 Å². The molecule has 0 radical (unpaired) electrons. The summed E-state index contributed by atoms with van der Waals surface area (Å²) < 4.78 is 13.0. The van der Waals surface area contributed by atoms with Crippen molar-refractivity contribution in [3.8, 4) is 0 Å². The van der Waals surface area contributed by atoms with E-state index in [1.807, 2.05) is 12.1 Å². The Bertz CT molecular complexity index is 574. The van der Waals surface area contributed by atoms with Crippen LogP contribution in [-0.4, -0.2) is 0 Å². The minimum absolute atomic E-state index is 0.139. The lowest BCUT2D eigenvalue weighted by atomic mass is 9.89. The van der Waals surface area contributed by atoms with E-state index in [-0.39, 0.29) is 10.6 Å². The number of fused-ring (bicyclic) bond motifs is 1. The topological polar surface area (TPSA) is 0 Å². The number of halogens is 2. The molecule has 0 saturated carbocycles. The maximum atomic E-state index is 13.0. The third-order valence-electron chi connectivity index (χ3n) is 3.83. The van der Waals surface area contributed by atoms with Crippen LogP contribution in [-0.2, 0) is 12.8 Å². The first kappa shape index (κ1) is 12.9. The van der Waals surface area contributed by atoms with Crippen LogP contribution in [0.25, 0.3) is 0 Å². The molecular weight excluding hydrogens is 303 g/mol. The Morgan fingerprint density at radius 2 is 1.47 bits per heavy atom. The van der Waals surface area contributed by atoms with Gasteiger partial charge in [-0.25, -0.2) is 4.39 Å². The standard InChI is InChI=1S/C17H16BrF/c18-17(13-7-9-16(19)10-8-13)15-6-5-12-3-1-2-4-14(12)11-15/h5-11,17H,1-4H2. The summed E-state index contributed by atoms with van der Waals surface area (Å²) in [6, 6.07) is 13.5. The molecule has 2 heteroatoms. The minimum atomic E-state index is -0.186. The van der Waals surface area contributed by atoms with E-state index < -0.39 is 0 Å². The molecule has 19 heavy (non-hydrogen) atoms. The van der Waals surface area contributed by atoms with Crippen LogP contribution in [0.15, 0.2) is 42.5 Å². The number of aryl methyl sites for hydroxylation is 2. The second kappa shape index (κ2) is 5.46. The molecule has 0 nitrogen and oxygen atoms in total. The van der Waals surface area contributed by atoms with E-state index in [4.69, 9.17) is 0 Å². The van der Waals surface area contributed by atoms with Crippen molar-refractivity contribution < 1.29 is 4.39 Å². The molecule has 2 aromatic carbocycles. The van der Waals surface area contributed by atoms with Gasteiger partial charge in [-0.05, 0) is 60.1 Å². The monoisotopic (exact) mass is 318 g/mol. The molecule has 2 aromatic rings. The van der Waals surface area contributed by atoms with E-state index in [0.29, 0.717) is 0 Å². The van der Waals surface area contributed by atoms with Crippen LogP contribution < -0.4 is 0 Å². The second-order valence-corrected chi connectivity index (χ2v) is 6.07. The molecule has 0 saturated heterocycles. The van der Waals surface area contributed by atoms with Crippen molar-refractivity contribution >= 4 is 15.9 Å². The zero-order valence-electron chi connectivity index (χ0n) is 10.7. The predicted octanol–water partition coefficient (Wildman–Crippen LogP) is 5.19. The lowest BCUT2D eigenvalue weighted by Gasteiger charge is -2.18. The highest BCUT2D eigenvalue weighted by atomic mass is 79.9. The van der Waals surface area contributed by atoms with Gasteiger partial charge in [-0.15, -0.1) is 0 Å². The molecule has 1 aliphatic rings. The van der Waals surface area contributed by atoms with Crippen LogP contribution in [0.3, 0.4) is 0 Å². The van der Waals surface area contributed by atoms with Crippen LogP contribution in [0.5, 0.6) is 0 Å². The normalized spacial score (nSPS) is 15.9. The molecule has 0 fully saturated rings. The molecule has 98 valence electrons. The van der Waals surface area contributed by atoms with Crippen LogP contribution in [0.2, 0.25) is 0 Å². The van der Waals surface area contributed by atoms with Crippen LogP contribution >= 0.6 is 15.9 Å². The summed E-state index contributed by atoms with van der Waals surface area (Å²) in [4.78, 5) is 0.139. The highest BCUT2D eigenvalue weighted by Crippen LogP contribution is 2.33. The average Bonchev–Trinajstić information content (AvgIpc) is 2.47. The van der Waals surface area contributed by atoms with Gasteiger partial charge in [0.1, 0.15) is 5.82 Å². The Kier molecular flexibility index (Phi) is 3.69. The molecule has 0 spiro atoms. The summed E-state index contributed by atoms with van der Waals surface area (Å²) in [5.41, 5.74) is 5.33. The van der Waals surface area contributed by atoms with Gasteiger partial charge in [-0.2, -0.15) is 0 Å². The largest absolute Gasteiger partial charge is 0.207 e. The summed E-state index contributed by atoms with van der Waals surface area (Å²) >= 11 is 3.72. The second-order valence-electron chi connectivity index (χ2n) is 5.15. The minimum Gasteiger partial charge on any atom is -0.207 e.